The monoisotopic (exact) mass is 542 g/mol. The summed E-state index contributed by atoms with van der Waals surface area (Å²) in [6, 6.07) is 8.26. The third kappa shape index (κ3) is 6.14. The fourth-order valence-electron chi connectivity index (χ4n) is 5.41. The van der Waals surface area contributed by atoms with Crippen LogP contribution in [0.1, 0.15) is 116 Å². The van der Waals surface area contributed by atoms with Gasteiger partial charge in [0.15, 0.2) is 5.78 Å². The van der Waals surface area contributed by atoms with Gasteiger partial charge in [-0.1, -0.05) is 83.1 Å². The molecule has 0 spiro atoms. The Morgan fingerprint density at radius 1 is 0.550 bits per heavy atom. The van der Waals surface area contributed by atoms with Gasteiger partial charge in [0.2, 0.25) is 0 Å². The Bertz CT molecular complexity index is 1350. The van der Waals surface area contributed by atoms with Crippen LogP contribution in [0.25, 0.3) is 5.57 Å². The molecule has 1 aliphatic carbocycles. The first-order valence-electron chi connectivity index (χ1n) is 14.4. The van der Waals surface area contributed by atoms with E-state index in [-0.39, 0.29) is 27.4 Å². The maximum absolute atomic E-state index is 13.8. The summed E-state index contributed by atoms with van der Waals surface area (Å²) in [6.07, 6.45) is 4.12. The molecule has 0 saturated carbocycles. The van der Waals surface area contributed by atoms with Crippen molar-refractivity contribution in [1.82, 2.24) is 0 Å². The van der Waals surface area contributed by atoms with E-state index >= 15 is 0 Å². The molecule has 0 aliphatic heterocycles. The van der Waals surface area contributed by atoms with E-state index in [0.717, 1.165) is 55.7 Å². The third-order valence-corrected chi connectivity index (χ3v) is 7.79. The summed E-state index contributed by atoms with van der Waals surface area (Å²) in [4.78, 5) is 13.8. The van der Waals surface area contributed by atoms with Crippen LogP contribution in [0.15, 0.2) is 53.1 Å². The SMILES string of the molecule is Cc1cc(C(=C2C=C(C(C)(C)C)C(=O)C(C(C)(C)C)=C2)c2cc(C(C)(C)C)c(O)c(C(C)(C)C)c2)cc(C)c1O. The lowest BCUT2D eigenvalue weighted by Gasteiger charge is -2.33. The number of aromatic hydroxyl groups is 2. The first kappa shape index (κ1) is 31.5. The van der Waals surface area contributed by atoms with E-state index in [1.807, 2.05) is 26.0 Å². The standard InChI is InChI=1S/C37H50O3/c1-21-15-23(16-22(2)31(21)38)30(24-17-26(34(3,4)5)32(39)27(18-24)35(6,7)8)25-19-28(36(9,10)11)33(40)29(20-25)37(12,13)14/h15-20,38-39H,1-14H3. The fraction of sp³-hybridized carbons (Fsp3) is 0.486. The highest BCUT2D eigenvalue weighted by atomic mass is 16.3. The van der Waals surface area contributed by atoms with Crippen LogP contribution in [0.3, 0.4) is 0 Å². The number of ketones is 1. The Morgan fingerprint density at radius 3 is 1.23 bits per heavy atom. The summed E-state index contributed by atoms with van der Waals surface area (Å²) in [5, 5.41) is 22.1. The largest absolute Gasteiger partial charge is 0.507 e. The summed E-state index contributed by atoms with van der Waals surface area (Å²) in [5.41, 5.74) is 7.54. The molecule has 3 heteroatoms. The van der Waals surface area contributed by atoms with Gasteiger partial charge in [0.25, 0.3) is 0 Å². The van der Waals surface area contributed by atoms with Crippen molar-refractivity contribution in [3.63, 3.8) is 0 Å². The molecule has 0 atom stereocenters. The number of phenolic OH excluding ortho intramolecular Hbond substituents is 2. The molecule has 1 aliphatic rings. The minimum absolute atomic E-state index is 0.0950. The number of rotatable bonds is 2. The van der Waals surface area contributed by atoms with Crippen LogP contribution in [0.2, 0.25) is 0 Å². The summed E-state index contributed by atoms with van der Waals surface area (Å²) < 4.78 is 0. The number of carbonyl (C=O) groups excluding carboxylic acids is 1. The molecule has 0 bridgehead atoms. The lowest BCUT2D eigenvalue weighted by atomic mass is 9.70. The minimum atomic E-state index is -0.346. The molecule has 216 valence electrons. The van der Waals surface area contributed by atoms with Gasteiger partial charge in [-0.25, -0.2) is 0 Å². The number of allylic oxidation sites excluding steroid dienone is 5. The Morgan fingerprint density at radius 2 is 0.900 bits per heavy atom. The fourth-order valence-corrected chi connectivity index (χ4v) is 5.41. The van der Waals surface area contributed by atoms with E-state index in [1.54, 1.807) is 0 Å². The van der Waals surface area contributed by atoms with E-state index in [1.165, 1.54) is 0 Å². The number of Topliss-reactive ketones (excluding diaryl/α,β-unsaturated/α-hetero) is 1. The molecule has 3 nitrogen and oxygen atoms in total. The lowest BCUT2D eigenvalue weighted by molar-refractivity contribution is -0.114. The van der Waals surface area contributed by atoms with Crippen molar-refractivity contribution in [3.05, 3.63) is 86.5 Å². The van der Waals surface area contributed by atoms with Crippen molar-refractivity contribution in [3.8, 4) is 11.5 Å². The van der Waals surface area contributed by atoms with Crippen molar-refractivity contribution >= 4 is 11.4 Å². The average Bonchev–Trinajstić information content (AvgIpc) is 2.76. The molecule has 2 aromatic rings. The number of benzene rings is 2. The Kier molecular flexibility index (Phi) is 7.93. The van der Waals surface area contributed by atoms with Crippen LogP contribution in [0.4, 0.5) is 0 Å². The average molecular weight is 543 g/mol. The molecular formula is C37H50O3. The molecule has 0 fully saturated rings. The van der Waals surface area contributed by atoms with Crippen LogP contribution in [0, 0.1) is 24.7 Å². The predicted molar refractivity (Wildman–Crippen MR) is 169 cm³/mol. The molecule has 40 heavy (non-hydrogen) atoms. The lowest BCUT2D eigenvalue weighted by Crippen LogP contribution is -2.28. The van der Waals surface area contributed by atoms with Gasteiger partial charge in [0.05, 0.1) is 0 Å². The molecule has 0 heterocycles. The minimum Gasteiger partial charge on any atom is -0.507 e. The highest BCUT2D eigenvalue weighted by Crippen LogP contribution is 2.46. The highest BCUT2D eigenvalue weighted by Gasteiger charge is 2.35. The molecule has 0 radical (unpaired) electrons. The Labute approximate surface area is 242 Å². The summed E-state index contributed by atoms with van der Waals surface area (Å²) in [5.74, 6) is 0.722. The molecule has 0 aromatic heterocycles. The van der Waals surface area contributed by atoms with Gasteiger partial charge >= 0.3 is 0 Å². The first-order valence-corrected chi connectivity index (χ1v) is 14.4. The Balaban J connectivity index is 2.65. The number of hydrogen-bond acceptors (Lipinski definition) is 3. The van der Waals surface area contributed by atoms with Crippen LogP contribution in [-0.2, 0) is 15.6 Å². The quantitative estimate of drug-likeness (QED) is 0.397. The molecule has 2 N–H and O–H groups in total. The smallest absolute Gasteiger partial charge is 0.186 e. The van der Waals surface area contributed by atoms with Gasteiger partial charge in [-0.05, 0) is 105 Å². The number of hydrogen-bond donors (Lipinski definition) is 2. The maximum Gasteiger partial charge on any atom is 0.186 e. The molecule has 0 unspecified atom stereocenters. The molecule has 2 aromatic carbocycles. The number of aryl methyl sites for hydroxylation is 2. The summed E-state index contributed by atoms with van der Waals surface area (Å²) >= 11 is 0. The van der Waals surface area contributed by atoms with Crippen molar-refractivity contribution in [2.24, 2.45) is 10.8 Å². The van der Waals surface area contributed by atoms with Crippen molar-refractivity contribution < 1.29 is 15.0 Å². The molecule has 3 rings (SSSR count). The van der Waals surface area contributed by atoms with Crippen molar-refractivity contribution in [2.45, 2.75) is 108 Å². The second-order valence-corrected chi connectivity index (χ2v) is 15.7. The van der Waals surface area contributed by atoms with E-state index in [9.17, 15) is 15.0 Å². The van der Waals surface area contributed by atoms with Gasteiger partial charge < -0.3 is 10.2 Å². The number of phenols is 2. The van der Waals surface area contributed by atoms with E-state index < -0.39 is 0 Å². The van der Waals surface area contributed by atoms with Crippen molar-refractivity contribution in [1.29, 1.82) is 0 Å². The molecular weight excluding hydrogens is 492 g/mol. The summed E-state index contributed by atoms with van der Waals surface area (Å²) in [6.45, 7) is 29.1. The van der Waals surface area contributed by atoms with E-state index in [4.69, 9.17) is 0 Å². The summed E-state index contributed by atoms with van der Waals surface area (Å²) in [7, 11) is 0. The van der Waals surface area contributed by atoms with Crippen molar-refractivity contribution in [2.75, 3.05) is 0 Å². The van der Waals surface area contributed by atoms with E-state index in [2.05, 4.69) is 107 Å². The maximum atomic E-state index is 13.8. The van der Waals surface area contributed by atoms with Crippen LogP contribution < -0.4 is 0 Å². The first-order chi connectivity index (χ1) is 17.9. The molecule has 0 saturated heterocycles. The molecule has 0 amide bonds. The second-order valence-electron chi connectivity index (χ2n) is 15.7. The van der Waals surface area contributed by atoms with Gasteiger partial charge in [-0.3, -0.25) is 4.79 Å². The van der Waals surface area contributed by atoms with Crippen LogP contribution in [-0.4, -0.2) is 16.0 Å². The zero-order valence-corrected chi connectivity index (χ0v) is 27.3. The second kappa shape index (κ2) is 10.1. The van der Waals surface area contributed by atoms with E-state index in [0.29, 0.717) is 11.5 Å². The number of carbonyl (C=O) groups is 1. The topological polar surface area (TPSA) is 57.5 Å². The predicted octanol–water partition coefficient (Wildman–Crippen LogP) is 9.64. The van der Waals surface area contributed by atoms with Gasteiger partial charge in [0, 0.05) is 22.3 Å². The normalized spacial score (nSPS) is 15.2. The third-order valence-electron chi connectivity index (χ3n) is 7.79. The Hall–Kier alpha value is -3.07. The van der Waals surface area contributed by atoms with Gasteiger partial charge in [-0.2, -0.15) is 0 Å². The zero-order chi connectivity index (χ0) is 30.7. The highest BCUT2D eigenvalue weighted by molar-refractivity contribution is 6.12. The van der Waals surface area contributed by atoms with Gasteiger partial charge in [-0.15, -0.1) is 0 Å². The van der Waals surface area contributed by atoms with Gasteiger partial charge in [0.1, 0.15) is 11.5 Å². The van der Waals surface area contributed by atoms with Crippen LogP contribution in [0.5, 0.6) is 11.5 Å². The zero-order valence-electron chi connectivity index (χ0n) is 27.3. The van der Waals surface area contributed by atoms with Crippen LogP contribution >= 0.6 is 0 Å².